The lowest BCUT2D eigenvalue weighted by molar-refractivity contribution is 0.0954. The van der Waals surface area contributed by atoms with Crippen LogP contribution in [0.1, 0.15) is 15.9 Å². The molecule has 0 aromatic heterocycles. The summed E-state index contributed by atoms with van der Waals surface area (Å²) in [4.78, 5) is 12.1. The Hall–Kier alpha value is -2.09. The van der Waals surface area contributed by atoms with Gasteiger partial charge in [-0.3, -0.25) is 4.79 Å². The third kappa shape index (κ3) is 3.97. The molecule has 2 aromatic rings. The Balaban J connectivity index is 2.08. The molecule has 0 bridgehead atoms. The van der Waals surface area contributed by atoms with Gasteiger partial charge in [-0.25, -0.2) is 5.43 Å². The summed E-state index contributed by atoms with van der Waals surface area (Å²) in [5, 5.41) is 3.96. The first kappa shape index (κ1) is 16.3. The molecule has 5 nitrogen and oxygen atoms in total. The lowest BCUT2D eigenvalue weighted by Crippen LogP contribution is -2.17. The first-order chi connectivity index (χ1) is 10.7. The Kier molecular flexibility index (Phi) is 5.76. The highest BCUT2D eigenvalue weighted by Gasteiger charge is 2.08. The van der Waals surface area contributed by atoms with Crippen molar-refractivity contribution in [2.45, 2.75) is 0 Å². The fourth-order valence-electron chi connectivity index (χ4n) is 1.80. The second-order valence-corrected chi connectivity index (χ2v) is 5.45. The molecule has 0 aliphatic carbocycles. The van der Waals surface area contributed by atoms with Crippen molar-refractivity contribution in [1.29, 1.82) is 0 Å². The molecule has 2 rings (SSSR count). The van der Waals surface area contributed by atoms with Gasteiger partial charge in [-0.15, -0.1) is 0 Å². The standard InChI is InChI=1S/C16H15IN2O3/c1-21-14-6-4-3-5-12(14)10-18-19-16(20)11-7-8-13(17)15(9-11)22-2/h3-10H,1-2H3,(H,19,20)/b18-10-. The molecule has 1 N–H and O–H groups in total. The van der Waals surface area contributed by atoms with Crippen molar-refractivity contribution >= 4 is 34.7 Å². The number of methoxy groups -OCH3 is 2. The molecule has 0 radical (unpaired) electrons. The van der Waals surface area contributed by atoms with Gasteiger partial charge in [0, 0.05) is 11.1 Å². The van der Waals surface area contributed by atoms with Crippen LogP contribution in [-0.2, 0) is 0 Å². The van der Waals surface area contributed by atoms with Gasteiger partial charge in [-0.1, -0.05) is 12.1 Å². The van der Waals surface area contributed by atoms with Crippen molar-refractivity contribution in [2.24, 2.45) is 5.10 Å². The van der Waals surface area contributed by atoms with Gasteiger partial charge in [0.25, 0.3) is 5.91 Å². The Morgan fingerprint density at radius 2 is 1.86 bits per heavy atom. The number of hydrogen-bond acceptors (Lipinski definition) is 4. The highest BCUT2D eigenvalue weighted by atomic mass is 127. The molecule has 22 heavy (non-hydrogen) atoms. The average Bonchev–Trinajstić information content (AvgIpc) is 2.55. The second-order valence-electron chi connectivity index (χ2n) is 4.29. The number of nitrogens with one attached hydrogen (secondary N) is 1. The van der Waals surface area contributed by atoms with Crippen LogP contribution < -0.4 is 14.9 Å². The maximum atomic E-state index is 12.1. The summed E-state index contributed by atoms with van der Waals surface area (Å²) < 4.78 is 11.3. The van der Waals surface area contributed by atoms with Crippen LogP contribution in [0.5, 0.6) is 11.5 Å². The Labute approximate surface area is 142 Å². The lowest BCUT2D eigenvalue weighted by atomic mass is 10.2. The van der Waals surface area contributed by atoms with Crippen LogP contribution in [0.4, 0.5) is 0 Å². The molecule has 114 valence electrons. The number of hydrogen-bond donors (Lipinski definition) is 1. The van der Waals surface area contributed by atoms with Crippen LogP contribution in [0.3, 0.4) is 0 Å². The molecule has 0 heterocycles. The number of carbonyl (C=O) groups is 1. The maximum Gasteiger partial charge on any atom is 0.271 e. The monoisotopic (exact) mass is 410 g/mol. The molecular formula is C16H15IN2O3. The first-order valence-corrected chi connectivity index (χ1v) is 7.53. The molecule has 0 atom stereocenters. The molecule has 0 fully saturated rings. The van der Waals surface area contributed by atoms with Gasteiger partial charge in [-0.2, -0.15) is 5.10 Å². The van der Waals surface area contributed by atoms with Crippen molar-refractivity contribution in [1.82, 2.24) is 5.43 Å². The van der Waals surface area contributed by atoms with Gasteiger partial charge in [0.2, 0.25) is 0 Å². The second kappa shape index (κ2) is 7.79. The summed E-state index contributed by atoms with van der Waals surface area (Å²) in [6.45, 7) is 0. The molecule has 0 saturated heterocycles. The van der Waals surface area contributed by atoms with E-state index in [1.54, 1.807) is 32.6 Å². The van der Waals surface area contributed by atoms with E-state index in [0.717, 1.165) is 9.13 Å². The van der Waals surface area contributed by atoms with Crippen LogP contribution in [0.25, 0.3) is 0 Å². The highest BCUT2D eigenvalue weighted by Crippen LogP contribution is 2.21. The number of ether oxygens (including phenoxy) is 2. The zero-order chi connectivity index (χ0) is 15.9. The van der Waals surface area contributed by atoms with E-state index in [1.165, 1.54) is 0 Å². The number of rotatable bonds is 5. The Morgan fingerprint density at radius 1 is 1.14 bits per heavy atom. The smallest absolute Gasteiger partial charge is 0.271 e. The minimum atomic E-state index is -0.305. The van der Waals surface area contributed by atoms with Crippen molar-refractivity contribution in [3.8, 4) is 11.5 Å². The third-order valence-corrected chi connectivity index (χ3v) is 3.81. The molecule has 6 heteroatoms. The number of benzene rings is 2. The SMILES string of the molecule is COc1cc(C(=O)N/N=C\c2ccccc2OC)ccc1I. The summed E-state index contributed by atoms with van der Waals surface area (Å²) in [6.07, 6.45) is 1.54. The molecule has 0 spiro atoms. The summed E-state index contributed by atoms with van der Waals surface area (Å²) in [6, 6.07) is 12.6. The molecule has 1 amide bonds. The van der Waals surface area contributed by atoms with Crippen LogP contribution in [0.2, 0.25) is 0 Å². The van der Waals surface area contributed by atoms with Crippen LogP contribution in [0, 0.1) is 3.57 Å². The first-order valence-electron chi connectivity index (χ1n) is 6.45. The minimum Gasteiger partial charge on any atom is -0.496 e. The van der Waals surface area contributed by atoms with Gasteiger partial charge in [-0.05, 0) is 52.9 Å². The maximum absolute atomic E-state index is 12.1. The van der Waals surface area contributed by atoms with Crippen molar-refractivity contribution in [3.05, 3.63) is 57.2 Å². The molecule has 0 saturated carbocycles. The number of carbonyl (C=O) groups excluding carboxylic acids is 1. The number of hydrazone groups is 1. The fraction of sp³-hybridized carbons (Fsp3) is 0.125. The minimum absolute atomic E-state index is 0.305. The van der Waals surface area contributed by atoms with Gasteiger partial charge >= 0.3 is 0 Å². The zero-order valence-electron chi connectivity index (χ0n) is 12.2. The molecule has 0 unspecified atom stereocenters. The predicted molar refractivity (Wildman–Crippen MR) is 93.8 cm³/mol. The quantitative estimate of drug-likeness (QED) is 0.468. The van der Waals surface area contributed by atoms with E-state index in [0.29, 0.717) is 17.1 Å². The topological polar surface area (TPSA) is 59.9 Å². The van der Waals surface area contributed by atoms with E-state index in [9.17, 15) is 4.79 Å². The van der Waals surface area contributed by atoms with Crippen LogP contribution in [-0.4, -0.2) is 26.3 Å². The van der Waals surface area contributed by atoms with E-state index in [4.69, 9.17) is 9.47 Å². The fourth-order valence-corrected chi connectivity index (χ4v) is 2.35. The van der Waals surface area contributed by atoms with E-state index < -0.39 is 0 Å². The van der Waals surface area contributed by atoms with Gasteiger partial charge in [0.15, 0.2) is 0 Å². The summed E-state index contributed by atoms with van der Waals surface area (Å²) in [5.41, 5.74) is 3.75. The van der Waals surface area contributed by atoms with E-state index in [-0.39, 0.29) is 5.91 Å². The predicted octanol–water partition coefficient (Wildman–Crippen LogP) is 3.07. The molecule has 0 aliphatic heterocycles. The van der Waals surface area contributed by atoms with Crippen molar-refractivity contribution in [2.75, 3.05) is 14.2 Å². The lowest BCUT2D eigenvalue weighted by Gasteiger charge is -2.06. The summed E-state index contributed by atoms with van der Waals surface area (Å²) >= 11 is 2.14. The Bertz CT molecular complexity index is 702. The van der Waals surface area contributed by atoms with Crippen molar-refractivity contribution in [3.63, 3.8) is 0 Å². The molecular weight excluding hydrogens is 395 g/mol. The van der Waals surface area contributed by atoms with Gasteiger partial charge in [0.1, 0.15) is 11.5 Å². The Morgan fingerprint density at radius 3 is 2.59 bits per heavy atom. The van der Waals surface area contributed by atoms with Crippen LogP contribution in [0.15, 0.2) is 47.6 Å². The van der Waals surface area contributed by atoms with Gasteiger partial charge in [0.05, 0.1) is 24.0 Å². The largest absolute Gasteiger partial charge is 0.496 e. The molecule has 2 aromatic carbocycles. The number of para-hydroxylation sites is 1. The average molecular weight is 410 g/mol. The summed E-state index contributed by atoms with van der Waals surface area (Å²) in [7, 11) is 3.15. The number of nitrogens with zero attached hydrogens (tertiary/aromatic N) is 1. The van der Waals surface area contributed by atoms with Crippen molar-refractivity contribution < 1.29 is 14.3 Å². The zero-order valence-corrected chi connectivity index (χ0v) is 14.3. The summed E-state index contributed by atoms with van der Waals surface area (Å²) in [5.74, 6) is 1.04. The van der Waals surface area contributed by atoms with E-state index in [2.05, 4.69) is 33.1 Å². The van der Waals surface area contributed by atoms with E-state index in [1.807, 2.05) is 30.3 Å². The van der Waals surface area contributed by atoms with Gasteiger partial charge < -0.3 is 9.47 Å². The highest BCUT2D eigenvalue weighted by molar-refractivity contribution is 14.1. The number of halogens is 1. The van der Waals surface area contributed by atoms with E-state index >= 15 is 0 Å². The normalized spacial score (nSPS) is 10.5. The van der Waals surface area contributed by atoms with Crippen LogP contribution >= 0.6 is 22.6 Å². The molecule has 0 aliphatic rings. The third-order valence-electron chi connectivity index (χ3n) is 2.92. The number of amides is 1.